The highest BCUT2D eigenvalue weighted by Crippen LogP contribution is 1.95. The van der Waals surface area contributed by atoms with Crippen LogP contribution in [-0.4, -0.2) is 45.8 Å². The first-order valence-electron chi connectivity index (χ1n) is 7.79. The highest BCUT2D eigenvalue weighted by Gasteiger charge is 1.75. The minimum atomic E-state index is -0.167. The lowest BCUT2D eigenvalue weighted by atomic mass is 10.2. The first kappa shape index (κ1) is 32.0. The van der Waals surface area contributed by atoms with Gasteiger partial charge in [0.1, 0.15) is 0 Å². The zero-order valence-corrected chi connectivity index (χ0v) is 15.2. The van der Waals surface area contributed by atoms with Crippen LogP contribution < -0.4 is 0 Å². The number of unbranched alkanes of at least 4 members (excludes halogenated alkanes) is 3. The summed E-state index contributed by atoms with van der Waals surface area (Å²) in [6, 6.07) is 0. The van der Waals surface area contributed by atoms with Gasteiger partial charge in [-0.15, -0.1) is 0 Å². The van der Waals surface area contributed by atoms with E-state index in [-0.39, 0.29) is 25.4 Å². The average Bonchev–Trinajstić information content (AvgIpc) is 2.27. The van der Waals surface area contributed by atoms with Gasteiger partial charge < -0.3 is 20.4 Å². The molecule has 0 aliphatic heterocycles. The van der Waals surface area contributed by atoms with Crippen molar-refractivity contribution in [1.29, 1.82) is 0 Å². The third-order valence-corrected chi connectivity index (χ3v) is 0.957. The molecule has 0 aromatic rings. The van der Waals surface area contributed by atoms with Gasteiger partial charge in [0.15, 0.2) is 0 Å². The molecule has 0 spiro atoms. The van der Waals surface area contributed by atoms with Gasteiger partial charge in [-0.1, -0.05) is 39.5 Å². The topological polar surface area (TPSA) is 80.9 Å². The van der Waals surface area contributed by atoms with E-state index in [0.29, 0.717) is 0 Å². The van der Waals surface area contributed by atoms with Gasteiger partial charge in [0.2, 0.25) is 0 Å². The fourth-order valence-corrected chi connectivity index (χ4v) is 0.500. The van der Waals surface area contributed by atoms with E-state index >= 15 is 0 Å². The quantitative estimate of drug-likeness (QED) is 0.602. The molecule has 20 heavy (non-hydrogen) atoms. The van der Waals surface area contributed by atoms with Gasteiger partial charge in [-0.3, -0.25) is 0 Å². The third kappa shape index (κ3) is 627. The molecule has 0 atom stereocenters. The van der Waals surface area contributed by atoms with E-state index in [1.54, 1.807) is 41.5 Å². The van der Waals surface area contributed by atoms with Crippen LogP contribution in [0.25, 0.3) is 0 Å². The summed E-state index contributed by atoms with van der Waals surface area (Å²) in [6.07, 6.45) is 5.20. The van der Waals surface area contributed by atoms with E-state index in [2.05, 4.69) is 13.8 Å². The Labute approximate surface area is 127 Å². The molecular weight excluding hydrogens is 256 g/mol. The molecule has 0 amide bonds. The molecule has 0 bridgehead atoms. The predicted molar refractivity (Wildman–Crippen MR) is 90.0 cm³/mol. The predicted octanol–water partition coefficient (Wildman–Crippen LogP) is 3.36. The molecule has 0 aromatic carbocycles. The molecule has 0 unspecified atom stereocenters. The Hall–Kier alpha value is -0.160. The summed E-state index contributed by atoms with van der Waals surface area (Å²) in [5.41, 5.74) is 0. The maximum atomic E-state index is 8.06. The zero-order valence-electron chi connectivity index (χ0n) is 15.2. The maximum absolute atomic E-state index is 8.06. The summed E-state index contributed by atoms with van der Waals surface area (Å²) in [6.45, 7) is 15.2. The molecule has 0 rings (SSSR count). The Balaban J connectivity index is -0.0000000484. The smallest absolute Gasteiger partial charge is 0.0483 e. The van der Waals surface area contributed by atoms with E-state index < -0.39 is 0 Å². The van der Waals surface area contributed by atoms with Crippen molar-refractivity contribution in [3.63, 3.8) is 0 Å². The first-order chi connectivity index (χ1) is 9.21. The molecular formula is C16H42O4. The van der Waals surface area contributed by atoms with Crippen molar-refractivity contribution in [1.82, 2.24) is 0 Å². The standard InChI is InChI=1S/C6H14.2C3H8O.2C2H6O/c1-3-5-6-4-2;2*1-3(2)4;2*1-2-3/h3-6H2,1-2H3;2*3-4H,1-2H3;2*3H,2H2,1H3. The van der Waals surface area contributed by atoms with E-state index in [0.717, 1.165) is 0 Å². The van der Waals surface area contributed by atoms with Crippen LogP contribution in [0, 0.1) is 0 Å². The number of hydrogen-bond donors (Lipinski definition) is 4. The summed E-state index contributed by atoms with van der Waals surface area (Å²) in [5.74, 6) is 0. The van der Waals surface area contributed by atoms with Crippen LogP contribution in [0.3, 0.4) is 0 Å². The van der Waals surface area contributed by atoms with Crippen LogP contribution >= 0.6 is 0 Å². The Morgan fingerprint density at radius 1 is 0.600 bits per heavy atom. The van der Waals surface area contributed by atoms with Gasteiger partial charge in [0, 0.05) is 25.4 Å². The molecule has 0 saturated carbocycles. The van der Waals surface area contributed by atoms with Crippen LogP contribution in [0.5, 0.6) is 0 Å². The minimum absolute atomic E-state index is 0.167. The summed E-state index contributed by atoms with van der Waals surface area (Å²) in [7, 11) is 0. The summed E-state index contributed by atoms with van der Waals surface area (Å²) < 4.78 is 0. The Morgan fingerprint density at radius 2 is 0.700 bits per heavy atom. The largest absolute Gasteiger partial charge is 0.397 e. The van der Waals surface area contributed by atoms with E-state index in [4.69, 9.17) is 20.4 Å². The monoisotopic (exact) mass is 298 g/mol. The second-order valence-electron chi connectivity index (χ2n) is 4.53. The van der Waals surface area contributed by atoms with Gasteiger partial charge >= 0.3 is 0 Å². The Morgan fingerprint density at radius 3 is 0.750 bits per heavy atom. The van der Waals surface area contributed by atoms with Crippen LogP contribution in [-0.2, 0) is 0 Å². The normalized spacial score (nSPS) is 8.10. The third-order valence-electron chi connectivity index (χ3n) is 0.957. The molecule has 0 fully saturated rings. The highest BCUT2D eigenvalue weighted by molar-refractivity contribution is 4.31. The molecule has 4 N–H and O–H groups in total. The van der Waals surface area contributed by atoms with Gasteiger partial charge in [-0.25, -0.2) is 0 Å². The molecule has 4 nitrogen and oxygen atoms in total. The molecule has 130 valence electrons. The SMILES string of the molecule is CC(C)O.CC(C)O.CCCCCC.CCO.CCO. The second-order valence-corrected chi connectivity index (χ2v) is 4.53. The van der Waals surface area contributed by atoms with Crippen molar-refractivity contribution in [3.8, 4) is 0 Å². The van der Waals surface area contributed by atoms with Crippen LogP contribution in [0.4, 0.5) is 0 Å². The van der Waals surface area contributed by atoms with Gasteiger partial charge in [0.05, 0.1) is 0 Å². The molecule has 0 saturated heterocycles. The van der Waals surface area contributed by atoms with Crippen molar-refractivity contribution >= 4 is 0 Å². The van der Waals surface area contributed by atoms with Crippen LogP contribution in [0.1, 0.15) is 81.1 Å². The second kappa shape index (κ2) is 42.8. The summed E-state index contributed by atoms with van der Waals surface area (Å²) >= 11 is 0. The highest BCUT2D eigenvalue weighted by atomic mass is 16.3. The fraction of sp³-hybridized carbons (Fsp3) is 1.00. The zero-order chi connectivity index (χ0) is 17.4. The van der Waals surface area contributed by atoms with Gasteiger partial charge in [0.25, 0.3) is 0 Å². The fourth-order valence-electron chi connectivity index (χ4n) is 0.500. The minimum Gasteiger partial charge on any atom is -0.397 e. The van der Waals surface area contributed by atoms with Crippen molar-refractivity contribution in [3.05, 3.63) is 0 Å². The lowest BCUT2D eigenvalue weighted by Crippen LogP contribution is -1.85. The summed E-state index contributed by atoms with van der Waals surface area (Å²) in [4.78, 5) is 0. The van der Waals surface area contributed by atoms with Crippen molar-refractivity contribution in [2.24, 2.45) is 0 Å². The van der Waals surface area contributed by atoms with E-state index in [1.165, 1.54) is 25.7 Å². The molecule has 0 radical (unpaired) electrons. The number of hydrogen-bond acceptors (Lipinski definition) is 4. The molecule has 0 aliphatic carbocycles. The van der Waals surface area contributed by atoms with Crippen LogP contribution in [0.15, 0.2) is 0 Å². The number of aliphatic hydroxyl groups excluding tert-OH is 4. The molecule has 4 heteroatoms. The van der Waals surface area contributed by atoms with Gasteiger partial charge in [-0.2, -0.15) is 0 Å². The van der Waals surface area contributed by atoms with E-state index in [9.17, 15) is 0 Å². The number of aliphatic hydroxyl groups is 4. The van der Waals surface area contributed by atoms with Crippen molar-refractivity contribution in [2.75, 3.05) is 13.2 Å². The van der Waals surface area contributed by atoms with Gasteiger partial charge in [-0.05, 0) is 41.5 Å². The molecule has 0 aliphatic rings. The lowest BCUT2D eigenvalue weighted by molar-refractivity contribution is 0.215. The maximum Gasteiger partial charge on any atom is 0.0483 e. The van der Waals surface area contributed by atoms with E-state index in [1.807, 2.05) is 0 Å². The Bertz CT molecular complexity index is 79.0. The van der Waals surface area contributed by atoms with Crippen LogP contribution in [0.2, 0.25) is 0 Å². The van der Waals surface area contributed by atoms with Crippen molar-refractivity contribution in [2.45, 2.75) is 93.3 Å². The first-order valence-corrected chi connectivity index (χ1v) is 7.79. The lowest BCUT2D eigenvalue weighted by Gasteiger charge is -1.86. The molecule has 0 aromatic heterocycles. The summed E-state index contributed by atoms with van der Waals surface area (Å²) in [5, 5.41) is 31.2. The van der Waals surface area contributed by atoms with Crippen molar-refractivity contribution < 1.29 is 20.4 Å². The average molecular weight is 299 g/mol. The molecule has 0 heterocycles. The number of rotatable bonds is 3. The Kier molecular flexibility index (Phi) is 68.4.